The number of hydrogen-bond acceptors (Lipinski definition) is 2. The number of nitrogens with zero attached hydrogens (tertiary/aromatic N) is 1. The minimum Gasteiger partial charge on any atom is -0.478 e. The van der Waals surface area contributed by atoms with Gasteiger partial charge in [0.15, 0.2) is 0 Å². The Bertz CT molecular complexity index is 706. The molecule has 0 aliphatic rings. The largest absolute Gasteiger partial charge is 0.478 e. The van der Waals surface area contributed by atoms with Gasteiger partial charge < -0.3 is 5.11 Å². The number of aromatic nitrogens is 1. The van der Waals surface area contributed by atoms with Crippen molar-refractivity contribution in [1.29, 1.82) is 0 Å². The second-order valence-corrected chi connectivity index (χ2v) is 5.77. The number of aromatic carboxylic acids is 1. The number of pyridine rings is 1. The average Bonchev–Trinajstić information content (AvgIpc) is 2.40. The predicted molar refractivity (Wildman–Crippen MR) is 75.2 cm³/mol. The maximum absolute atomic E-state index is 13.8. The Hall–Kier alpha value is -2.30. The van der Waals surface area contributed by atoms with E-state index in [4.69, 9.17) is 0 Å². The van der Waals surface area contributed by atoms with Crippen molar-refractivity contribution in [3.63, 3.8) is 0 Å². The van der Waals surface area contributed by atoms with Gasteiger partial charge in [0.1, 0.15) is 11.6 Å². The van der Waals surface area contributed by atoms with Crippen LogP contribution < -0.4 is 0 Å². The van der Waals surface area contributed by atoms with Gasteiger partial charge in [-0.2, -0.15) is 0 Å². The highest BCUT2D eigenvalue weighted by molar-refractivity contribution is 5.89. The molecule has 0 fully saturated rings. The zero-order chi connectivity index (χ0) is 15.8. The second-order valence-electron chi connectivity index (χ2n) is 5.77. The molecule has 0 atom stereocenters. The first-order chi connectivity index (χ1) is 9.70. The first-order valence-corrected chi connectivity index (χ1v) is 6.40. The van der Waals surface area contributed by atoms with E-state index < -0.39 is 23.0 Å². The Morgan fingerprint density at radius 3 is 2.38 bits per heavy atom. The van der Waals surface area contributed by atoms with E-state index in [9.17, 15) is 18.7 Å². The predicted octanol–water partition coefficient (Wildman–Crippen LogP) is 4.02. The van der Waals surface area contributed by atoms with E-state index in [0.29, 0.717) is 5.69 Å². The average molecular weight is 291 g/mol. The summed E-state index contributed by atoms with van der Waals surface area (Å²) >= 11 is 0. The summed E-state index contributed by atoms with van der Waals surface area (Å²) in [7, 11) is 0. The van der Waals surface area contributed by atoms with Crippen molar-refractivity contribution in [1.82, 2.24) is 4.98 Å². The highest BCUT2D eigenvalue weighted by Gasteiger charge is 2.24. The molecule has 21 heavy (non-hydrogen) atoms. The van der Waals surface area contributed by atoms with Crippen molar-refractivity contribution < 1.29 is 18.7 Å². The van der Waals surface area contributed by atoms with Crippen LogP contribution >= 0.6 is 0 Å². The van der Waals surface area contributed by atoms with Crippen molar-refractivity contribution in [2.45, 2.75) is 26.2 Å². The zero-order valence-electron chi connectivity index (χ0n) is 11.9. The van der Waals surface area contributed by atoms with E-state index in [1.54, 1.807) is 0 Å². The van der Waals surface area contributed by atoms with Crippen LogP contribution in [-0.2, 0) is 5.41 Å². The quantitative estimate of drug-likeness (QED) is 0.909. The molecule has 1 aromatic heterocycles. The van der Waals surface area contributed by atoms with E-state index in [-0.39, 0.29) is 16.8 Å². The number of carboxylic acid groups (broad SMARTS) is 1. The Morgan fingerprint density at radius 2 is 1.81 bits per heavy atom. The molecule has 0 spiro atoms. The van der Waals surface area contributed by atoms with Gasteiger partial charge in [-0.25, -0.2) is 13.6 Å². The minimum atomic E-state index is -1.10. The van der Waals surface area contributed by atoms with E-state index in [1.165, 1.54) is 12.1 Å². The summed E-state index contributed by atoms with van der Waals surface area (Å²) in [6.45, 7) is 5.44. The van der Waals surface area contributed by atoms with Gasteiger partial charge in [-0.1, -0.05) is 20.8 Å². The van der Waals surface area contributed by atoms with E-state index in [2.05, 4.69) is 4.98 Å². The van der Waals surface area contributed by atoms with Crippen LogP contribution in [0.5, 0.6) is 0 Å². The van der Waals surface area contributed by atoms with Gasteiger partial charge in [0.05, 0.1) is 17.0 Å². The molecule has 0 bridgehead atoms. The SMILES string of the molecule is CC(C)(C)c1nc(-c2cc(F)ccc2F)ccc1C(=O)O. The lowest BCUT2D eigenvalue weighted by Crippen LogP contribution is -2.19. The standard InChI is InChI=1S/C16H15F2NO2/c1-16(2,3)14-10(15(20)21)5-7-13(19-14)11-8-9(17)4-6-12(11)18/h4-8H,1-3H3,(H,20,21). The fourth-order valence-corrected chi connectivity index (χ4v) is 2.05. The lowest BCUT2D eigenvalue weighted by atomic mass is 9.88. The van der Waals surface area contributed by atoms with E-state index in [0.717, 1.165) is 18.2 Å². The van der Waals surface area contributed by atoms with Crippen molar-refractivity contribution in [2.24, 2.45) is 0 Å². The lowest BCUT2D eigenvalue weighted by Gasteiger charge is -2.21. The first kappa shape index (κ1) is 15.1. The normalized spacial score (nSPS) is 11.5. The van der Waals surface area contributed by atoms with Gasteiger partial charge in [-0.05, 0) is 30.3 Å². The second kappa shape index (κ2) is 5.24. The summed E-state index contributed by atoms with van der Waals surface area (Å²) in [6, 6.07) is 5.85. The molecule has 1 N–H and O–H groups in total. The molecular formula is C16H15F2NO2. The third-order valence-electron chi connectivity index (χ3n) is 3.04. The van der Waals surface area contributed by atoms with Gasteiger partial charge in [0.2, 0.25) is 0 Å². The van der Waals surface area contributed by atoms with Gasteiger partial charge in [0.25, 0.3) is 0 Å². The van der Waals surface area contributed by atoms with Crippen LogP contribution in [0.3, 0.4) is 0 Å². The highest BCUT2D eigenvalue weighted by atomic mass is 19.1. The molecule has 0 radical (unpaired) electrons. The smallest absolute Gasteiger partial charge is 0.337 e. The molecule has 0 saturated heterocycles. The van der Waals surface area contributed by atoms with E-state index in [1.807, 2.05) is 20.8 Å². The molecule has 5 heteroatoms. The molecule has 0 saturated carbocycles. The van der Waals surface area contributed by atoms with Gasteiger partial charge >= 0.3 is 5.97 Å². The van der Waals surface area contributed by atoms with Gasteiger partial charge in [-0.3, -0.25) is 4.98 Å². The Kier molecular flexibility index (Phi) is 3.77. The molecule has 0 unspecified atom stereocenters. The lowest BCUT2D eigenvalue weighted by molar-refractivity contribution is 0.0693. The third-order valence-corrected chi connectivity index (χ3v) is 3.04. The van der Waals surface area contributed by atoms with Crippen molar-refractivity contribution in [3.8, 4) is 11.3 Å². The Morgan fingerprint density at radius 1 is 1.14 bits per heavy atom. The molecule has 1 aromatic carbocycles. The van der Waals surface area contributed by atoms with Crippen molar-refractivity contribution >= 4 is 5.97 Å². The molecule has 3 nitrogen and oxygen atoms in total. The number of halogens is 2. The van der Waals surface area contributed by atoms with Crippen LogP contribution in [0.25, 0.3) is 11.3 Å². The fraction of sp³-hybridized carbons (Fsp3) is 0.250. The molecular weight excluding hydrogens is 276 g/mol. The van der Waals surface area contributed by atoms with Crippen LogP contribution in [0, 0.1) is 11.6 Å². The highest BCUT2D eigenvalue weighted by Crippen LogP contribution is 2.29. The maximum atomic E-state index is 13.8. The number of carboxylic acids is 1. The van der Waals surface area contributed by atoms with Crippen molar-refractivity contribution in [3.05, 3.63) is 53.2 Å². The number of benzene rings is 1. The number of hydrogen-bond donors (Lipinski definition) is 1. The topological polar surface area (TPSA) is 50.2 Å². The molecule has 0 aliphatic carbocycles. The monoisotopic (exact) mass is 291 g/mol. The van der Waals surface area contributed by atoms with Crippen LogP contribution in [0.4, 0.5) is 8.78 Å². The third kappa shape index (κ3) is 3.07. The summed E-state index contributed by atoms with van der Waals surface area (Å²) in [5, 5.41) is 9.22. The summed E-state index contributed by atoms with van der Waals surface area (Å²) in [4.78, 5) is 15.5. The molecule has 0 aliphatic heterocycles. The van der Waals surface area contributed by atoms with Gasteiger partial charge in [-0.15, -0.1) is 0 Å². The van der Waals surface area contributed by atoms with Gasteiger partial charge in [0, 0.05) is 11.0 Å². The summed E-state index contributed by atoms with van der Waals surface area (Å²) in [6.07, 6.45) is 0. The van der Waals surface area contributed by atoms with Crippen LogP contribution in [0.1, 0.15) is 36.8 Å². The number of rotatable bonds is 2. The Labute approximate surface area is 121 Å². The number of carbonyl (C=O) groups is 1. The van der Waals surface area contributed by atoms with E-state index >= 15 is 0 Å². The molecule has 2 aromatic rings. The van der Waals surface area contributed by atoms with Crippen molar-refractivity contribution in [2.75, 3.05) is 0 Å². The fourth-order valence-electron chi connectivity index (χ4n) is 2.05. The first-order valence-electron chi connectivity index (χ1n) is 6.40. The summed E-state index contributed by atoms with van der Waals surface area (Å²) in [5.41, 5.74) is 0.0756. The maximum Gasteiger partial charge on any atom is 0.337 e. The summed E-state index contributed by atoms with van der Waals surface area (Å²) < 4.78 is 27.1. The van der Waals surface area contributed by atoms with Crippen LogP contribution in [-0.4, -0.2) is 16.1 Å². The zero-order valence-corrected chi connectivity index (χ0v) is 11.9. The minimum absolute atomic E-state index is 0.0115. The Balaban J connectivity index is 2.67. The molecule has 110 valence electrons. The molecule has 2 rings (SSSR count). The van der Waals surface area contributed by atoms with Crippen LogP contribution in [0.2, 0.25) is 0 Å². The van der Waals surface area contributed by atoms with Crippen LogP contribution in [0.15, 0.2) is 30.3 Å². The molecule has 0 amide bonds. The molecule has 1 heterocycles. The summed E-state index contributed by atoms with van der Waals surface area (Å²) in [5.74, 6) is -2.28.